The van der Waals surface area contributed by atoms with Crippen LogP contribution in [0.25, 0.3) is 0 Å². The molecule has 6 N–H and O–H groups in total. The van der Waals surface area contributed by atoms with E-state index in [1.807, 2.05) is 10.8 Å². The number of amides is 3. The Morgan fingerprint density at radius 3 is 2.78 bits per heavy atom. The molecular weight excluding hydrogens is 714 g/mol. The maximum absolute atomic E-state index is 13.6. The van der Waals surface area contributed by atoms with Gasteiger partial charge in [0.25, 0.3) is 17.7 Å². The van der Waals surface area contributed by atoms with Crippen molar-refractivity contribution in [2.45, 2.75) is 43.8 Å². The number of carboxylic acid groups (broad SMARTS) is 1. The maximum atomic E-state index is 13.6. The number of nitrogens with one attached hydrogen (secondary N) is 1. The van der Waals surface area contributed by atoms with E-state index in [4.69, 9.17) is 27.3 Å². The summed E-state index contributed by atoms with van der Waals surface area (Å²) in [5.41, 5.74) is 7.65. The van der Waals surface area contributed by atoms with E-state index in [0.29, 0.717) is 42.7 Å². The van der Waals surface area contributed by atoms with Gasteiger partial charge in [-0.25, -0.2) is 9.78 Å². The fraction of sp³-hybridized carbons (Fsp3) is 0.290. The van der Waals surface area contributed by atoms with Crippen LogP contribution in [0.3, 0.4) is 0 Å². The lowest BCUT2D eigenvalue weighted by Crippen LogP contribution is -2.70. The van der Waals surface area contributed by atoms with Gasteiger partial charge in [-0.05, 0) is 31.5 Å². The predicted octanol–water partition coefficient (Wildman–Crippen LogP) is 1.42. The van der Waals surface area contributed by atoms with Crippen LogP contribution in [0, 0.1) is 0 Å². The Kier molecular flexibility index (Phi) is 9.68. The second-order valence-electron chi connectivity index (χ2n) is 11.4. The van der Waals surface area contributed by atoms with Gasteiger partial charge in [-0.3, -0.25) is 24.1 Å². The van der Waals surface area contributed by atoms with Gasteiger partial charge in [-0.2, -0.15) is 4.57 Å². The molecule has 0 aliphatic carbocycles. The summed E-state index contributed by atoms with van der Waals surface area (Å²) in [6.07, 6.45) is 2.29. The number of fused-ring (bicyclic) bond motifs is 2. The number of aldehydes is 1. The van der Waals surface area contributed by atoms with E-state index in [0.717, 1.165) is 17.0 Å². The highest BCUT2D eigenvalue weighted by Gasteiger charge is 2.53. The van der Waals surface area contributed by atoms with Gasteiger partial charge in [0, 0.05) is 35.7 Å². The van der Waals surface area contributed by atoms with Gasteiger partial charge in [-0.1, -0.05) is 16.8 Å². The van der Waals surface area contributed by atoms with Gasteiger partial charge in [0.15, 0.2) is 41.4 Å². The Balaban J connectivity index is 1.21. The van der Waals surface area contributed by atoms with E-state index in [1.165, 1.54) is 41.1 Å². The number of thiazole rings is 1. The van der Waals surface area contributed by atoms with Crippen LogP contribution in [0.5, 0.6) is 11.5 Å². The van der Waals surface area contributed by atoms with E-state index in [1.54, 1.807) is 17.0 Å². The molecule has 2 aromatic heterocycles. The lowest BCUT2D eigenvalue weighted by molar-refractivity contribution is -0.695. The molecule has 5 heterocycles. The maximum Gasteiger partial charge on any atom is 0.347 e. The standard InChI is InChI=1S/C31H28ClN7O9S2/c1-14(30(46)47)48-36-23(17-13-50-31(33)34-17)26(43)35-24-28(45)39-20(11-40)15(12-49-29(24)39)10-37-8-2-5-19-18(37)4-3-9-38(19)27(44)16-6-7-21(41)25(42)22(16)32/h2,5-8,11,13-14,24,29H,3-4,9-10,12H2,1H3,(H5-,33,34,35,36,41,42,43,44,46,47)/p+1/t14-,24-,29-/m1/s1. The Morgan fingerprint density at radius 1 is 1.30 bits per heavy atom. The van der Waals surface area contributed by atoms with E-state index in [-0.39, 0.29) is 39.4 Å². The molecule has 0 bridgehead atoms. The highest BCUT2D eigenvalue weighted by Crippen LogP contribution is 2.40. The number of thioether (sulfide) groups is 1. The van der Waals surface area contributed by atoms with Gasteiger partial charge >= 0.3 is 5.97 Å². The molecule has 1 saturated heterocycles. The molecule has 3 aliphatic rings. The lowest BCUT2D eigenvalue weighted by atomic mass is 10.0. The van der Waals surface area contributed by atoms with E-state index < -0.39 is 52.7 Å². The predicted molar refractivity (Wildman–Crippen MR) is 181 cm³/mol. The number of oxime groups is 1. The largest absolute Gasteiger partial charge is 0.504 e. The van der Waals surface area contributed by atoms with Crippen LogP contribution in [-0.4, -0.2) is 90.7 Å². The smallest absolute Gasteiger partial charge is 0.347 e. The van der Waals surface area contributed by atoms with E-state index in [2.05, 4.69) is 15.5 Å². The fourth-order valence-electron chi connectivity index (χ4n) is 5.75. The highest BCUT2D eigenvalue weighted by atomic mass is 35.5. The number of allylic oxidation sites excluding steroid dienone is 1. The van der Waals surface area contributed by atoms with Crippen LogP contribution in [-0.2, 0) is 37.0 Å². The first-order chi connectivity index (χ1) is 23.9. The van der Waals surface area contributed by atoms with Crippen LogP contribution in [0.15, 0.2) is 52.3 Å². The average molecular weight is 743 g/mol. The number of carbonyl (C=O) groups excluding carboxylic acids is 4. The molecule has 0 saturated carbocycles. The number of pyridine rings is 1. The summed E-state index contributed by atoms with van der Waals surface area (Å²) in [6.45, 7) is 1.85. The summed E-state index contributed by atoms with van der Waals surface area (Å²) < 4.78 is 1.91. The van der Waals surface area contributed by atoms with Gasteiger partial charge in [0.2, 0.25) is 11.8 Å². The summed E-state index contributed by atoms with van der Waals surface area (Å²) in [5, 5.41) is 36.0. The van der Waals surface area contributed by atoms with Gasteiger partial charge in [0.1, 0.15) is 22.8 Å². The zero-order chi connectivity index (χ0) is 35.9. The molecule has 0 radical (unpaired) electrons. The molecule has 1 aromatic carbocycles. The van der Waals surface area contributed by atoms with Crippen molar-refractivity contribution in [1.82, 2.24) is 15.2 Å². The van der Waals surface area contributed by atoms with Crippen molar-refractivity contribution in [3.63, 3.8) is 0 Å². The number of hydrogen-bond donors (Lipinski definition) is 5. The van der Waals surface area contributed by atoms with Crippen molar-refractivity contribution in [2.75, 3.05) is 22.9 Å². The van der Waals surface area contributed by atoms with Crippen molar-refractivity contribution in [3.05, 3.63) is 69.1 Å². The monoisotopic (exact) mass is 742 g/mol. The molecule has 1 fully saturated rings. The van der Waals surface area contributed by atoms with Crippen molar-refractivity contribution >= 4 is 81.2 Å². The third-order valence-electron chi connectivity index (χ3n) is 8.30. The summed E-state index contributed by atoms with van der Waals surface area (Å²) in [4.78, 5) is 75.8. The van der Waals surface area contributed by atoms with Gasteiger partial charge in [0.05, 0.1) is 16.3 Å². The van der Waals surface area contributed by atoms with Crippen LogP contribution >= 0.6 is 34.7 Å². The molecule has 3 amide bonds. The number of carboxylic acids is 1. The summed E-state index contributed by atoms with van der Waals surface area (Å²) in [5.74, 6) is -3.82. The first-order valence-corrected chi connectivity index (χ1v) is 17.4. The minimum absolute atomic E-state index is 0.0280. The lowest BCUT2D eigenvalue weighted by Gasteiger charge is -2.49. The first-order valence-electron chi connectivity index (χ1n) is 15.1. The molecule has 3 atom stereocenters. The molecule has 0 spiro atoms. The van der Waals surface area contributed by atoms with E-state index in [9.17, 15) is 34.2 Å². The Labute approximate surface area is 296 Å². The third kappa shape index (κ3) is 6.32. The molecule has 19 heteroatoms. The number of phenols is 2. The molecule has 0 unspecified atom stereocenters. The zero-order valence-electron chi connectivity index (χ0n) is 26.1. The first kappa shape index (κ1) is 34.7. The van der Waals surface area contributed by atoms with Crippen molar-refractivity contribution in [2.24, 2.45) is 5.16 Å². The molecule has 3 aromatic rings. The van der Waals surface area contributed by atoms with Gasteiger partial charge in [-0.15, -0.1) is 23.1 Å². The third-order valence-corrected chi connectivity index (χ3v) is 10.7. The number of nitrogen functional groups attached to an aromatic ring is 1. The quantitative estimate of drug-likeness (QED) is 0.0496. The summed E-state index contributed by atoms with van der Waals surface area (Å²) in [7, 11) is 0. The van der Waals surface area contributed by atoms with Gasteiger partial charge < -0.3 is 36.1 Å². The minimum atomic E-state index is -1.37. The van der Waals surface area contributed by atoms with Crippen molar-refractivity contribution in [1.29, 1.82) is 0 Å². The number of nitrogens with two attached hydrogens (primary N) is 1. The second kappa shape index (κ2) is 14.0. The molecule has 50 heavy (non-hydrogen) atoms. The number of carbonyl (C=O) groups is 5. The number of nitrogens with zero attached hydrogens (tertiary/aromatic N) is 5. The Bertz CT molecular complexity index is 2000. The minimum Gasteiger partial charge on any atom is -0.504 e. The number of hydrogen-bond acceptors (Lipinski definition) is 13. The molecule has 3 aliphatic heterocycles. The number of β-lactam (4-membered cyclic amide) rings is 1. The Hall–Kier alpha value is -5.20. The highest BCUT2D eigenvalue weighted by molar-refractivity contribution is 8.00. The number of aromatic hydroxyl groups is 2. The number of aliphatic carboxylic acids is 1. The molecular formula is C31H29ClN7O9S2+. The normalized spacial score (nSPS) is 19.2. The second-order valence-corrected chi connectivity index (χ2v) is 13.8. The number of benzene rings is 1. The average Bonchev–Trinajstić information content (AvgIpc) is 3.54. The molecule has 6 rings (SSSR count). The van der Waals surface area contributed by atoms with Crippen LogP contribution < -0.4 is 20.5 Å². The van der Waals surface area contributed by atoms with Crippen LogP contribution in [0.4, 0.5) is 10.8 Å². The summed E-state index contributed by atoms with van der Waals surface area (Å²) in [6, 6.07) is 5.06. The van der Waals surface area contributed by atoms with Crippen LogP contribution in [0.1, 0.15) is 35.1 Å². The topological polar surface area (TPSA) is 229 Å². The zero-order valence-corrected chi connectivity index (χ0v) is 28.5. The molecule has 260 valence electrons. The Morgan fingerprint density at radius 2 is 2.08 bits per heavy atom. The van der Waals surface area contributed by atoms with E-state index >= 15 is 0 Å². The fourth-order valence-corrected chi connectivity index (χ4v) is 7.89. The van der Waals surface area contributed by atoms with Crippen molar-refractivity contribution < 1.29 is 48.7 Å². The number of halogens is 1. The number of aromatic nitrogens is 2. The number of phenolic OH excluding ortho intramolecular Hbond substituents is 2. The van der Waals surface area contributed by atoms with Crippen molar-refractivity contribution in [3.8, 4) is 11.5 Å². The number of anilines is 2. The number of rotatable bonds is 10. The van der Waals surface area contributed by atoms with Crippen LogP contribution in [0.2, 0.25) is 5.02 Å². The SMILES string of the molecule is C[C@@H](O/N=C(\C(=O)N[C@@H]1C(=O)N2C(C=O)=C(C[n+]3cccc4c3CCCN4C(=O)c3ccc(O)c(O)c3Cl)CS[C@H]12)c1csc(N)n1)C(=O)O. The summed E-state index contributed by atoms with van der Waals surface area (Å²) >= 11 is 8.57. The molecule has 16 nitrogen and oxygen atoms in total.